The fraction of sp³-hybridized carbons (Fsp3) is 0.217. The van der Waals surface area contributed by atoms with Gasteiger partial charge in [0.05, 0.1) is 47.6 Å². The molecule has 3 aromatic rings. The first-order chi connectivity index (χ1) is 17.3. The number of nitrogens with one attached hydrogen (secondary N) is 4. The van der Waals surface area contributed by atoms with Crippen LogP contribution in [-0.2, 0) is 9.59 Å². The van der Waals surface area contributed by atoms with Crippen LogP contribution < -0.4 is 31.0 Å². The molecule has 36 heavy (non-hydrogen) atoms. The molecular weight excluding hydrogens is 472 g/mol. The Morgan fingerprint density at radius 1 is 1.19 bits per heavy atom. The average molecular weight is 494 g/mol. The number of nitrogens with zero attached hydrogens (tertiary/aromatic N) is 2. The van der Waals surface area contributed by atoms with Crippen LogP contribution in [0.5, 0.6) is 11.5 Å². The fourth-order valence-corrected chi connectivity index (χ4v) is 3.75. The van der Waals surface area contributed by atoms with Gasteiger partial charge in [-0.3, -0.25) is 29.5 Å². The van der Waals surface area contributed by atoms with Crippen LogP contribution in [0.2, 0.25) is 0 Å². The molecule has 0 fully saturated rings. The van der Waals surface area contributed by atoms with E-state index >= 15 is 0 Å². The molecule has 1 atom stereocenters. The predicted octanol–water partition coefficient (Wildman–Crippen LogP) is 2.89. The molecule has 0 aliphatic carbocycles. The zero-order chi connectivity index (χ0) is 25.8. The van der Waals surface area contributed by atoms with Gasteiger partial charge in [0.2, 0.25) is 17.8 Å². The van der Waals surface area contributed by atoms with Crippen LogP contribution in [0.1, 0.15) is 24.8 Å². The third-order valence-corrected chi connectivity index (χ3v) is 5.36. The summed E-state index contributed by atoms with van der Waals surface area (Å²) in [5.41, 5.74) is -0.154. The first-order valence-corrected chi connectivity index (χ1v) is 10.9. The largest absolute Gasteiger partial charge is 0.495 e. The lowest BCUT2D eigenvalue weighted by molar-refractivity contribution is -0.384. The monoisotopic (exact) mass is 494 g/mol. The smallest absolute Gasteiger partial charge is 0.273 e. The van der Waals surface area contributed by atoms with Gasteiger partial charge in [-0.15, -0.1) is 0 Å². The number of nitro groups is 1. The van der Waals surface area contributed by atoms with Gasteiger partial charge in [0.25, 0.3) is 11.2 Å². The van der Waals surface area contributed by atoms with E-state index in [1.165, 1.54) is 25.3 Å². The van der Waals surface area contributed by atoms with E-state index in [1.807, 2.05) is 0 Å². The molecule has 0 saturated carbocycles. The molecule has 13 heteroatoms. The number of ether oxygens (including phenoxy) is 2. The molecule has 13 nitrogen and oxygen atoms in total. The van der Waals surface area contributed by atoms with Crippen molar-refractivity contribution in [3.05, 3.63) is 68.5 Å². The number of rotatable bonds is 8. The Hall–Kier alpha value is -4.94. The number of non-ortho nitro benzene ring substituents is 1. The summed E-state index contributed by atoms with van der Waals surface area (Å²) in [4.78, 5) is 55.9. The number of aromatic nitrogens is 2. The molecule has 1 aliphatic heterocycles. The maximum absolute atomic E-state index is 13.2. The van der Waals surface area contributed by atoms with E-state index < -0.39 is 28.2 Å². The average Bonchev–Trinajstić information content (AvgIpc) is 2.84. The van der Waals surface area contributed by atoms with Gasteiger partial charge in [-0.05, 0) is 25.1 Å². The Morgan fingerprint density at radius 2 is 1.97 bits per heavy atom. The summed E-state index contributed by atoms with van der Waals surface area (Å²) in [6.07, 6.45) is -0.292. The van der Waals surface area contributed by atoms with Crippen molar-refractivity contribution in [3.63, 3.8) is 0 Å². The van der Waals surface area contributed by atoms with Gasteiger partial charge < -0.3 is 25.4 Å². The first kappa shape index (κ1) is 24.2. The second-order valence-electron chi connectivity index (χ2n) is 7.67. The van der Waals surface area contributed by atoms with Gasteiger partial charge in [-0.2, -0.15) is 4.98 Å². The van der Waals surface area contributed by atoms with Crippen molar-refractivity contribution in [1.29, 1.82) is 0 Å². The normalized spacial score (nSPS) is 14.3. The molecule has 0 saturated heterocycles. The van der Waals surface area contributed by atoms with Crippen molar-refractivity contribution in [3.8, 4) is 11.5 Å². The Balaban J connectivity index is 1.64. The van der Waals surface area contributed by atoms with E-state index in [-0.39, 0.29) is 47.5 Å². The molecule has 4 N–H and O–H groups in total. The Kier molecular flexibility index (Phi) is 6.81. The van der Waals surface area contributed by atoms with Crippen molar-refractivity contribution >= 4 is 40.6 Å². The minimum Gasteiger partial charge on any atom is -0.495 e. The van der Waals surface area contributed by atoms with E-state index in [9.17, 15) is 24.5 Å². The van der Waals surface area contributed by atoms with E-state index in [1.54, 1.807) is 31.2 Å². The number of para-hydroxylation sites is 2. The standard InChI is InChI=1S/C23H22N6O7/c1-3-36-17-10-12(29(33)34)8-9-15(17)24-21(31)13-11-18(30)26-20-19(13)22(32)28-23(27-20)25-14-6-4-5-7-16(14)35-2/h4-10,13H,3,11H2,1-2H3,(H,24,31)(H3,25,26,27,28,30,32). The molecule has 4 rings (SSSR count). The van der Waals surface area contributed by atoms with Gasteiger partial charge in [0, 0.05) is 12.5 Å². The number of hydrogen-bond donors (Lipinski definition) is 4. The van der Waals surface area contributed by atoms with Crippen molar-refractivity contribution in [2.45, 2.75) is 19.3 Å². The molecule has 1 unspecified atom stereocenters. The predicted molar refractivity (Wildman–Crippen MR) is 130 cm³/mol. The highest BCUT2D eigenvalue weighted by atomic mass is 16.6. The summed E-state index contributed by atoms with van der Waals surface area (Å²) in [6, 6.07) is 10.7. The maximum Gasteiger partial charge on any atom is 0.273 e. The molecule has 2 heterocycles. The highest BCUT2D eigenvalue weighted by molar-refractivity contribution is 6.05. The van der Waals surface area contributed by atoms with E-state index in [0.29, 0.717) is 11.4 Å². The molecule has 1 aromatic heterocycles. The number of amides is 2. The molecular formula is C23H22N6O7. The quantitative estimate of drug-likeness (QED) is 0.271. The number of carbonyl (C=O) groups excluding carboxylic acids is 2. The topological polar surface area (TPSA) is 178 Å². The van der Waals surface area contributed by atoms with Gasteiger partial charge in [0.15, 0.2) is 0 Å². The van der Waals surface area contributed by atoms with Crippen LogP contribution >= 0.6 is 0 Å². The molecule has 186 valence electrons. The van der Waals surface area contributed by atoms with Crippen LogP contribution in [0.4, 0.5) is 28.8 Å². The Morgan fingerprint density at radius 3 is 2.69 bits per heavy atom. The Labute approximate surface area is 204 Å². The number of nitro benzene ring substituents is 1. The van der Waals surface area contributed by atoms with E-state index in [4.69, 9.17) is 9.47 Å². The lowest BCUT2D eigenvalue weighted by Gasteiger charge is -2.24. The summed E-state index contributed by atoms with van der Waals surface area (Å²) in [6.45, 7) is 1.89. The Bertz CT molecular complexity index is 1400. The first-order valence-electron chi connectivity index (χ1n) is 10.9. The maximum atomic E-state index is 13.2. The van der Waals surface area contributed by atoms with Crippen molar-refractivity contribution < 1.29 is 24.0 Å². The van der Waals surface area contributed by atoms with E-state index in [0.717, 1.165) is 0 Å². The number of hydrogen-bond acceptors (Lipinski definition) is 9. The molecule has 2 aromatic carbocycles. The minimum atomic E-state index is -1.16. The van der Waals surface area contributed by atoms with Gasteiger partial charge in [-0.1, -0.05) is 12.1 Å². The summed E-state index contributed by atoms with van der Waals surface area (Å²) >= 11 is 0. The van der Waals surface area contributed by atoms with Gasteiger partial charge >= 0.3 is 0 Å². The molecule has 0 radical (unpaired) electrons. The zero-order valence-corrected chi connectivity index (χ0v) is 19.3. The van der Waals surface area contributed by atoms with Crippen LogP contribution in [0.3, 0.4) is 0 Å². The SMILES string of the molecule is CCOc1cc([N+](=O)[O-])ccc1NC(=O)C1CC(=O)Nc2nc(Nc3ccccc3OC)[nH]c(=O)c21. The zero-order valence-electron chi connectivity index (χ0n) is 19.3. The summed E-state index contributed by atoms with van der Waals surface area (Å²) in [5, 5.41) is 19.2. The van der Waals surface area contributed by atoms with Crippen LogP contribution in [0, 0.1) is 10.1 Å². The summed E-state index contributed by atoms with van der Waals surface area (Å²) in [7, 11) is 1.49. The fourth-order valence-electron chi connectivity index (χ4n) is 3.75. The van der Waals surface area contributed by atoms with E-state index in [2.05, 4.69) is 25.9 Å². The van der Waals surface area contributed by atoms with Gasteiger partial charge in [0.1, 0.15) is 17.3 Å². The number of aromatic amines is 1. The summed E-state index contributed by atoms with van der Waals surface area (Å²) in [5.74, 6) is -1.75. The third kappa shape index (κ3) is 4.94. The number of methoxy groups -OCH3 is 1. The number of carbonyl (C=O) groups is 2. The van der Waals surface area contributed by atoms with Gasteiger partial charge in [-0.25, -0.2) is 0 Å². The second kappa shape index (κ2) is 10.1. The summed E-state index contributed by atoms with van der Waals surface area (Å²) < 4.78 is 10.7. The van der Waals surface area contributed by atoms with Crippen molar-refractivity contribution in [2.75, 3.05) is 29.7 Å². The number of fused-ring (bicyclic) bond motifs is 1. The van der Waals surface area contributed by atoms with Crippen LogP contribution in [0.25, 0.3) is 0 Å². The lowest BCUT2D eigenvalue weighted by atomic mass is 9.92. The second-order valence-corrected chi connectivity index (χ2v) is 7.67. The highest BCUT2D eigenvalue weighted by Gasteiger charge is 2.35. The third-order valence-electron chi connectivity index (χ3n) is 5.36. The van der Waals surface area contributed by atoms with Crippen molar-refractivity contribution in [1.82, 2.24) is 9.97 Å². The molecule has 1 aliphatic rings. The molecule has 0 bridgehead atoms. The lowest BCUT2D eigenvalue weighted by Crippen LogP contribution is -2.36. The molecule has 2 amide bonds. The number of H-pyrrole nitrogens is 1. The number of benzene rings is 2. The minimum absolute atomic E-state index is 0.0162. The van der Waals surface area contributed by atoms with Crippen LogP contribution in [-0.4, -0.2) is 40.4 Å². The van der Waals surface area contributed by atoms with Crippen molar-refractivity contribution in [2.24, 2.45) is 0 Å². The molecule has 0 spiro atoms. The van der Waals surface area contributed by atoms with Crippen LogP contribution in [0.15, 0.2) is 47.3 Å². The highest BCUT2D eigenvalue weighted by Crippen LogP contribution is 2.34. The number of anilines is 4.